The normalized spacial score (nSPS) is 14.6. The third kappa shape index (κ3) is 4.78. The van der Waals surface area contributed by atoms with Gasteiger partial charge in [-0.25, -0.2) is 4.39 Å². The van der Waals surface area contributed by atoms with Gasteiger partial charge in [0.25, 0.3) is 5.91 Å². The summed E-state index contributed by atoms with van der Waals surface area (Å²) in [7, 11) is 0. The van der Waals surface area contributed by atoms with Crippen LogP contribution in [0.25, 0.3) is 6.08 Å². The smallest absolute Gasteiger partial charge is 0.281 e. The Kier molecular flexibility index (Phi) is 6.47. The summed E-state index contributed by atoms with van der Waals surface area (Å²) in [5.74, 6) is 0.718. The van der Waals surface area contributed by atoms with Crippen LogP contribution in [0.1, 0.15) is 18.1 Å². The van der Waals surface area contributed by atoms with Crippen molar-refractivity contribution >= 4 is 35.0 Å². The Bertz CT molecular complexity index is 1180. The molecule has 32 heavy (non-hydrogen) atoms. The second kappa shape index (κ2) is 9.62. The fraction of sp³-hybridized carbons (Fsp3) is 0.120. The molecule has 0 spiro atoms. The fourth-order valence-electron chi connectivity index (χ4n) is 3.30. The van der Waals surface area contributed by atoms with Crippen molar-refractivity contribution in [1.29, 1.82) is 0 Å². The molecule has 0 atom stereocenters. The molecule has 0 aliphatic carbocycles. The Labute approximate surface area is 191 Å². The molecule has 1 N–H and O–H groups in total. The highest BCUT2D eigenvalue weighted by Gasteiger charge is 2.32. The fourth-order valence-corrected chi connectivity index (χ4v) is 3.60. The summed E-state index contributed by atoms with van der Waals surface area (Å²) < 4.78 is 24.8. The van der Waals surface area contributed by atoms with Crippen LogP contribution < -0.4 is 19.7 Å². The summed E-state index contributed by atoms with van der Waals surface area (Å²) in [5, 5.41) is 3.28. The lowest BCUT2D eigenvalue weighted by Gasteiger charge is -2.14. The van der Waals surface area contributed by atoms with E-state index in [1.165, 1.54) is 17.0 Å². The van der Waals surface area contributed by atoms with Gasteiger partial charge in [-0.05, 0) is 73.2 Å². The molecule has 5 nitrogen and oxygen atoms in total. The molecule has 4 rings (SSSR count). The van der Waals surface area contributed by atoms with Crippen molar-refractivity contribution in [2.45, 2.75) is 13.5 Å². The van der Waals surface area contributed by atoms with Gasteiger partial charge in [-0.1, -0.05) is 30.3 Å². The van der Waals surface area contributed by atoms with Gasteiger partial charge in [-0.3, -0.25) is 9.69 Å². The van der Waals surface area contributed by atoms with Crippen molar-refractivity contribution in [3.05, 3.63) is 95.4 Å². The molecule has 0 bridgehead atoms. The van der Waals surface area contributed by atoms with Crippen LogP contribution in [0.4, 0.5) is 10.1 Å². The van der Waals surface area contributed by atoms with Crippen LogP contribution in [0.15, 0.2) is 78.5 Å². The molecule has 1 heterocycles. The van der Waals surface area contributed by atoms with E-state index in [-0.39, 0.29) is 18.3 Å². The molecule has 0 aromatic heterocycles. The second-order valence-corrected chi connectivity index (χ2v) is 7.40. The van der Waals surface area contributed by atoms with E-state index in [1.54, 1.807) is 48.5 Å². The summed E-state index contributed by atoms with van der Waals surface area (Å²) in [6, 6.07) is 20.7. The van der Waals surface area contributed by atoms with Gasteiger partial charge >= 0.3 is 0 Å². The molecule has 1 fully saturated rings. The number of ether oxygens (including phenoxy) is 2. The number of halogens is 1. The third-order valence-electron chi connectivity index (χ3n) is 4.79. The molecule has 162 valence electrons. The SMILES string of the molecule is CCOc1ccc(N2C(=O)C(=Cc3ccccc3OCc3cccc(F)c3)NC2=S)cc1. The average Bonchev–Trinajstić information content (AvgIpc) is 3.07. The first-order chi connectivity index (χ1) is 15.5. The van der Waals surface area contributed by atoms with Crippen molar-refractivity contribution in [2.24, 2.45) is 0 Å². The first-order valence-corrected chi connectivity index (χ1v) is 10.5. The molecule has 1 aliphatic rings. The van der Waals surface area contributed by atoms with Crippen LogP contribution in [0, 0.1) is 5.82 Å². The van der Waals surface area contributed by atoms with Crippen LogP contribution in [0.5, 0.6) is 11.5 Å². The Morgan fingerprint density at radius 3 is 2.56 bits per heavy atom. The Balaban J connectivity index is 1.54. The van der Waals surface area contributed by atoms with Gasteiger partial charge in [-0.15, -0.1) is 0 Å². The predicted octanol–water partition coefficient (Wildman–Crippen LogP) is 5.07. The number of hydrogen-bond acceptors (Lipinski definition) is 4. The first kappa shape index (κ1) is 21.5. The zero-order chi connectivity index (χ0) is 22.5. The summed E-state index contributed by atoms with van der Waals surface area (Å²) in [5.41, 5.74) is 2.40. The van der Waals surface area contributed by atoms with Gasteiger partial charge < -0.3 is 14.8 Å². The summed E-state index contributed by atoms with van der Waals surface area (Å²) >= 11 is 5.39. The number of thiocarbonyl (C=S) groups is 1. The highest BCUT2D eigenvalue weighted by atomic mass is 32.1. The number of nitrogens with zero attached hydrogens (tertiary/aromatic N) is 1. The maximum atomic E-state index is 13.4. The average molecular weight is 449 g/mol. The van der Waals surface area contributed by atoms with Gasteiger partial charge in [-0.2, -0.15) is 0 Å². The molecule has 1 aliphatic heterocycles. The van der Waals surface area contributed by atoms with Gasteiger partial charge in [0.2, 0.25) is 0 Å². The number of amides is 1. The van der Waals surface area contributed by atoms with Crippen molar-refractivity contribution in [2.75, 3.05) is 11.5 Å². The molecular weight excluding hydrogens is 427 g/mol. The number of nitrogens with one attached hydrogen (secondary N) is 1. The highest BCUT2D eigenvalue weighted by Crippen LogP contribution is 2.27. The largest absolute Gasteiger partial charge is 0.494 e. The number of anilines is 1. The van der Waals surface area contributed by atoms with Crippen molar-refractivity contribution in [3.8, 4) is 11.5 Å². The van der Waals surface area contributed by atoms with Gasteiger partial charge in [0.05, 0.1) is 12.3 Å². The summed E-state index contributed by atoms with van der Waals surface area (Å²) in [6.07, 6.45) is 1.70. The molecule has 0 radical (unpaired) electrons. The van der Waals surface area contributed by atoms with Crippen LogP contribution in [-0.2, 0) is 11.4 Å². The lowest BCUT2D eigenvalue weighted by molar-refractivity contribution is -0.113. The minimum atomic E-state index is -0.315. The van der Waals surface area contributed by atoms with Crippen LogP contribution >= 0.6 is 12.2 Å². The Morgan fingerprint density at radius 1 is 1.03 bits per heavy atom. The second-order valence-electron chi connectivity index (χ2n) is 7.01. The van der Waals surface area contributed by atoms with Gasteiger partial charge in [0, 0.05) is 5.56 Å². The maximum absolute atomic E-state index is 13.4. The van der Waals surface area contributed by atoms with Crippen molar-refractivity contribution in [1.82, 2.24) is 5.32 Å². The van der Waals surface area contributed by atoms with E-state index in [2.05, 4.69) is 5.32 Å². The minimum absolute atomic E-state index is 0.204. The number of hydrogen-bond donors (Lipinski definition) is 1. The van der Waals surface area contributed by atoms with E-state index in [1.807, 2.05) is 25.1 Å². The minimum Gasteiger partial charge on any atom is -0.494 e. The quantitative estimate of drug-likeness (QED) is 0.404. The van der Waals surface area contributed by atoms with E-state index in [0.717, 1.165) is 5.75 Å². The monoisotopic (exact) mass is 448 g/mol. The van der Waals surface area contributed by atoms with Crippen molar-refractivity contribution < 1.29 is 18.7 Å². The zero-order valence-electron chi connectivity index (χ0n) is 17.4. The molecule has 1 amide bonds. The number of rotatable bonds is 7. The topological polar surface area (TPSA) is 50.8 Å². The number of carbonyl (C=O) groups excluding carboxylic acids is 1. The van der Waals surface area contributed by atoms with Gasteiger partial charge in [0.15, 0.2) is 5.11 Å². The zero-order valence-corrected chi connectivity index (χ0v) is 18.2. The first-order valence-electron chi connectivity index (χ1n) is 10.1. The van der Waals surface area contributed by atoms with Crippen LogP contribution in [0.2, 0.25) is 0 Å². The third-order valence-corrected chi connectivity index (χ3v) is 5.07. The van der Waals surface area contributed by atoms with Crippen molar-refractivity contribution in [3.63, 3.8) is 0 Å². The number of carbonyl (C=O) groups is 1. The molecule has 7 heteroatoms. The Hall–Kier alpha value is -3.71. The summed E-state index contributed by atoms with van der Waals surface area (Å²) in [6.45, 7) is 2.68. The molecule has 3 aromatic rings. The standard InChI is InChI=1S/C25H21FN2O3S/c1-2-30-21-12-10-20(11-13-21)28-24(29)22(27-25(28)32)15-18-7-3-4-9-23(18)31-16-17-6-5-8-19(26)14-17/h3-15H,2,16H2,1H3,(H,27,32). The predicted molar refractivity (Wildman–Crippen MR) is 126 cm³/mol. The van der Waals surface area contributed by atoms with Crippen LogP contribution in [0.3, 0.4) is 0 Å². The molecule has 3 aromatic carbocycles. The highest BCUT2D eigenvalue weighted by molar-refractivity contribution is 7.80. The summed E-state index contributed by atoms with van der Waals surface area (Å²) in [4.78, 5) is 14.5. The Morgan fingerprint density at radius 2 is 1.81 bits per heavy atom. The van der Waals surface area contributed by atoms with E-state index in [9.17, 15) is 9.18 Å². The molecular formula is C25H21FN2O3S. The van der Waals surface area contributed by atoms with E-state index >= 15 is 0 Å². The molecule has 0 saturated carbocycles. The van der Waals surface area contributed by atoms with E-state index in [0.29, 0.717) is 40.0 Å². The molecule has 0 unspecified atom stereocenters. The van der Waals surface area contributed by atoms with Gasteiger partial charge in [0.1, 0.15) is 29.6 Å². The maximum Gasteiger partial charge on any atom is 0.281 e. The number of benzene rings is 3. The lowest BCUT2D eigenvalue weighted by atomic mass is 10.1. The number of para-hydroxylation sites is 1. The van der Waals surface area contributed by atoms with E-state index < -0.39 is 0 Å². The van der Waals surface area contributed by atoms with Crippen LogP contribution in [-0.4, -0.2) is 17.6 Å². The van der Waals surface area contributed by atoms with E-state index in [4.69, 9.17) is 21.7 Å². The lowest BCUT2D eigenvalue weighted by Crippen LogP contribution is -2.30. The molecule has 1 saturated heterocycles.